The molecule has 0 saturated heterocycles. The van der Waals surface area contributed by atoms with Crippen LogP contribution in [0.5, 0.6) is 5.75 Å². The Balaban J connectivity index is 2.43. The van der Waals surface area contributed by atoms with Crippen molar-refractivity contribution < 1.29 is 14.3 Å². The van der Waals surface area contributed by atoms with E-state index in [0.717, 1.165) is 19.3 Å². The van der Waals surface area contributed by atoms with Crippen LogP contribution in [0.25, 0.3) is 0 Å². The average molecular weight is 373 g/mol. The van der Waals surface area contributed by atoms with Crippen molar-refractivity contribution in [3.05, 3.63) is 42.0 Å². The van der Waals surface area contributed by atoms with Crippen LogP contribution in [0.2, 0.25) is 0 Å². The number of likely N-dealkylation sites (N-methyl/N-ethyl adjacent to an activating group) is 1. The highest BCUT2D eigenvalue weighted by Gasteiger charge is 2.32. The minimum absolute atomic E-state index is 0.00749. The summed E-state index contributed by atoms with van der Waals surface area (Å²) in [5.74, 6) is 0.241. The number of rotatable bonds is 2. The lowest BCUT2D eigenvalue weighted by Crippen LogP contribution is -2.52. The molecular weight excluding hydrogens is 340 g/mol. The van der Waals surface area contributed by atoms with Gasteiger partial charge >= 0.3 is 0 Å². The number of amides is 2. The SMILES string of the molecule is CC[C@@H]1C/C=C\C[C@H](C)Oc2ccccc2C(=O)N(C)[C@@H](C(C)C)C(=O)N1. The minimum atomic E-state index is -0.538. The van der Waals surface area contributed by atoms with E-state index >= 15 is 0 Å². The van der Waals surface area contributed by atoms with Crippen LogP contribution in [-0.2, 0) is 4.79 Å². The summed E-state index contributed by atoms with van der Waals surface area (Å²) in [5.41, 5.74) is 0.485. The van der Waals surface area contributed by atoms with E-state index in [1.54, 1.807) is 18.0 Å². The Labute approximate surface area is 162 Å². The molecule has 148 valence electrons. The van der Waals surface area contributed by atoms with Crippen molar-refractivity contribution in [2.24, 2.45) is 5.92 Å². The number of nitrogens with zero attached hydrogens (tertiary/aromatic N) is 1. The maximum atomic E-state index is 13.2. The van der Waals surface area contributed by atoms with Gasteiger partial charge < -0.3 is 15.0 Å². The second kappa shape index (κ2) is 9.58. The number of hydrogen-bond acceptors (Lipinski definition) is 3. The van der Waals surface area contributed by atoms with Gasteiger partial charge in [0.25, 0.3) is 5.91 Å². The van der Waals surface area contributed by atoms with Gasteiger partial charge in [0.2, 0.25) is 5.91 Å². The number of nitrogens with one attached hydrogen (secondary N) is 1. The quantitative estimate of drug-likeness (QED) is 0.804. The molecule has 0 radical (unpaired) electrons. The molecule has 0 aromatic heterocycles. The fourth-order valence-corrected chi connectivity index (χ4v) is 3.42. The Morgan fingerprint density at radius 2 is 1.85 bits per heavy atom. The largest absolute Gasteiger partial charge is 0.490 e. The Bertz CT molecular complexity index is 684. The lowest BCUT2D eigenvalue weighted by molar-refractivity contribution is -0.127. The fourth-order valence-electron chi connectivity index (χ4n) is 3.42. The van der Waals surface area contributed by atoms with Crippen LogP contribution in [-0.4, -0.2) is 41.9 Å². The Morgan fingerprint density at radius 3 is 2.52 bits per heavy atom. The van der Waals surface area contributed by atoms with Crippen molar-refractivity contribution in [3.8, 4) is 5.75 Å². The van der Waals surface area contributed by atoms with Crippen LogP contribution in [0.1, 0.15) is 57.3 Å². The Morgan fingerprint density at radius 1 is 1.19 bits per heavy atom. The summed E-state index contributed by atoms with van der Waals surface area (Å²) in [5, 5.41) is 3.12. The van der Waals surface area contributed by atoms with Gasteiger partial charge in [0.15, 0.2) is 0 Å². The van der Waals surface area contributed by atoms with Gasteiger partial charge in [-0.2, -0.15) is 0 Å². The molecule has 2 amide bonds. The standard InChI is InChI=1S/C22H32N2O3/c1-6-17-12-8-7-11-16(4)27-19-14-10-9-13-18(19)22(26)24(5)20(15(2)3)21(25)23-17/h7-10,13-17,20H,6,11-12H2,1-5H3,(H,23,25)/b8-7-/t16-,17+,20-/m0/s1. The number of carbonyl (C=O) groups is 2. The van der Waals surface area contributed by atoms with Crippen molar-refractivity contribution in [2.45, 2.75) is 65.1 Å². The van der Waals surface area contributed by atoms with Crippen LogP contribution in [0, 0.1) is 5.92 Å². The number of hydrogen-bond donors (Lipinski definition) is 1. The summed E-state index contributed by atoms with van der Waals surface area (Å²) in [6, 6.07) is 6.77. The van der Waals surface area contributed by atoms with Crippen LogP contribution < -0.4 is 10.1 Å². The highest BCUT2D eigenvalue weighted by Crippen LogP contribution is 2.24. The smallest absolute Gasteiger partial charge is 0.258 e. The van der Waals surface area contributed by atoms with Crippen LogP contribution >= 0.6 is 0 Å². The molecule has 1 heterocycles. The van der Waals surface area contributed by atoms with E-state index in [1.807, 2.05) is 39.0 Å². The zero-order valence-electron chi connectivity index (χ0n) is 17.1. The molecule has 0 unspecified atom stereocenters. The third-order valence-corrected chi connectivity index (χ3v) is 4.98. The van der Waals surface area contributed by atoms with E-state index in [0.29, 0.717) is 11.3 Å². The Hall–Kier alpha value is -2.30. The molecule has 0 spiro atoms. The molecule has 0 aliphatic carbocycles. The maximum absolute atomic E-state index is 13.2. The van der Waals surface area contributed by atoms with E-state index in [-0.39, 0.29) is 29.9 Å². The summed E-state index contributed by atoms with van der Waals surface area (Å²) < 4.78 is 6.04. The van der Waals surface area contributed by atoms with E-state index in [9.17, 15) is 9.59 Å². The molecule has 0 saturated carbocycles. The first-order chi connectivity index (χ1) is 12.8. The Kier molecular flexibility index (Phi) is 7.45. The summed E-state index contributed by atoms with van der Waals surface area (Å²) in [6.45, 7) is 7.98. The maximum Gasteiger partial charge on any atom is 0.258 e. The van der Waals surface area contributed by atoms with Gasteiger partial charge in [-0.15, -0.1) is 0 Å². The summed E-state index contributed by atoms with van der Waals surface area (Å²) in [7, 11) is 1.69. The van der Waals surface area contributed by atoms with E-state index in [1.165, 1.54) is 0 Å². The van der Waals surface area contributed by atoms with Crippen molar-refractivity contribution >= 4 is 11.8 Å². The molecule has 5 nitrogen and oxygen atoms in total. The zero-order valence-corrected chi connectivity index (χ0v) is 17.1. The predicted molar refractivity (Wildman–Crippen MR) is 108 cm³/mol. The van der Waals surface area contributed by atoms with E-state index in [2.05, 4.69) is 24.4 Å². The fraction of sp³-hybridized carbons (Fsp3) is 0.545. The molecule has 1 aromatic carbocycles. The van der Waals surface area contributed by atoms with E-state index in [4.69, 9.17) is 4.74 Å². The van der Waals surface area contributed by atoms with Gasteiger partial charge in [-0.1, -0.05) is 45.1 Å². The minimum Gasteiger partial charge on any atom is -0.490 e. The van der Waals surface area contributed by atoms with Crippen molar-refractivity contribution in [1.29, 1.82) is 0 Å². The molecule has 27 heavy (non-hydrogen) atoms. The van der Waals surface area contributed by atoms with Crippen molar-refractivity contribution in [3.63, 3.8) is 0 Å². The monoisotopic (exact) mass is 372 g/mol. The predicted octanol–water partition coefficient (Wildman–Crippen LogP) is 3.80. The van der Waals surface area contributed by atoms with Crippen LogP contribution in [0.3, 0.4) is 0 Å². The molecule has 5 heteroatoms. The second-order valence-electron chi connectivity index (χ2n) is 7.59. The molecule has 0 bridgehead atoms. The molecule has 3 atom stereocenters. The number of benzene rings is 1. The lowest BCUT2D eigenvalue weighted by Gasteiger charge is -2.32. The van der Waals surface area contributed by atoms with Gasteiger partial charge in [-0.25, -0.2) is 0 Å². The molecule has 1 aliphatic rings. The molecule has 2 rings (SSSR count). The summed E-state index contributed by atoms with van der Waals surface area (Å²) in [6.07, 6.45) is 6.50. The normalized spacial score (nSPS) is 26.0. The topological polar surface area (TPSA) is 58.6 Å². The molecule has 1 N–H and O–H groups in total. The van der Waals surface area contributed by atoms with Gasteiger partial charge in [0.05, 0.1) is 11.7 Å². The first-order valence-corrected chi connectivity index (χ1v) is 9.83. The number of ether oxygens (including phenoxy) is 1. The molecule has 0 fully saturated rings. The van der Waals surface area contributed by atoms with Gasteiger partial charge in [0, 0.05) is 19.5 Å². The lowest BCUT2D eigenvalue weighted by atomic mass is 9.99. The summed E-state index contributed by atoms with van der Waals surface area (Å²) in [4.78, 5) is 27.7. The molecular formula is C22H32N2O3. The zero-order chi connectivity index (χ0) is 20.0. The van der Waals surface area contributed by atoms with Crippen LogP contribution in [0.4, 0.5) is 0 Å². The average Bonchev–Trinajstić information content (AvgIpc) is 2.63. The van der Waals surface area contributed by atoms with E-state index < -0.39 is 6.04 Å². The number of carbonyl (C=O) groups excluding carboxylic acids is 2. The van der Waals surface area contributed by atoms with Gasteiger partial charge in [-0.3, -0.25) is 9.59 Å². The third kappa shape index (κ3) is 5.34. The number of para-hydroxylation sites is 1. The third-order valence-electron chi connectivity index (χ3n) is 4.98. The second-order valence-corrected chi connectivity index (χ2v) is 7.59. The molecule has 1 aromatic rings. The highest BCUT2D eigenvalue weighted by molar-refractivity contribution is 5.99. The van der Waals surface area contributed by atoms with Gasteiger partial charge in [-0.05, 0) is 37.8 Å². The van der Waals surface area contributed by atoms with Crippen molar-refractivity contribution in [2.75, 3.05) is 7.05 Å². The number of fused-ring (bicyclic) bond motifs is 1. The highest BCUT2D eigenvalue weighted by atomic mass is 16.5. The van der Waals surface area contributed by atoms with Gasteiger partial charge in [0.1, 0.15) is 11.8 Å². The molecule has 1 aliphatic heterocycles. The first-order valence-electron chi connectivity index (χ1n) is 9.83. The van der Waals surface area contributed by atoms with Crippen LogP contribution in [0.15, 0.2) is 36.4 Å². The first kappa shape index (κ1) is 21.0. The van der Waals surface area contributed by atoms with Crippen molar-refractivity contribution in [1.82, 2.24) is 10.2 Å². The summed E-state index contributed by atoms with van der Waals surface area (Å²) >= 11 is 0.